The van der Waals surface area contributed by atoms with Crippen LogP contribution < -0.4 is 5.73 Å². The molecule has 0 spiro atoms. The minimum atomic E-state index is -0.668. The smallest absolute Gasteiger partial charge is 0.248 e. The molecule has 0 saturated carbocycles. The summed E-state index contributed by atoms with van der Waals surface area (Å²) in [6.45, 7) is 1.19. The van der Waals surface area contributed by atoms with Gasteiger partial charge in [-0.05, 0) is 0 Å². The molecule has 0 aliphatic carbocycles. The summed E-state index contributed by atoms with van der Waals surface area (Å²) in [5.41, 5.74) is 5.20. The van der Waals surface area contributed by atoms with E-state index in [0.29, 0.717) is 13.2 Å². The molecule has 1 unspecified atom stereocenters. The number of ether oxygens (including phenoxy) is 2. The van der Waals surface area contributed by atoms with E-state index in [1.807, 2.05) is 0 Å². The number of carbonyl (C=O) groups is 1. The average Bonchev–Trinajstić information content (AvgIpc) is 2.18. The van der Waals surface area contributed by atoms with Crippen LogP contribution in [0.1, 0.15) is 0 Å². The molecule has 6 nitrogen and oxygen atoms in total. The van der Waals surface area contributed by atoms with Crippen LogP contribution in [0.25, 0.3) is 0 Å². The number of amides is 1. The quantitative estimate of drug-likeness (QED) is 0.483. The maximum atomic E-state index is 11.4. The average molecular weight is 220 g/mol. The molecule has 0 aromatic heterocycles. The van der Waals surface area contributed by atoms with Gasteiger partial charge < -0.3 is 25.2 Å². The summed E-state index contributed by atoms with van der Waals surface area (Å²) < 4.78 is 9.73. The van der Waals surface area contributed by atoms with Crippen molar-refractivity contribution in [2.45, 2.75) is 6.10 Å². The van der Waals surface area contributed by atoms with Gasteiger partial charge in [0.15, 0.2) is 0 Å². The van der Waals surface area contributed by atoms with Crippen molar-refractivity contribution in [1.29, 1.82) is 0 Å². The SMILES string of the molecule is COCC(O)CN(C)C(=O)COCCN. The predicted octanol–water partition coefficient (Wildman–Crippen LogP) is -1.57. The van der Waals surface area contributed by atoms with Gasteiger partial charge in [-0.2, -0.15) is 0 Å². The van der Waals surface area contributed by atoms with E-state index in [9.17, 15) is 9.90 Å². The summed E-state index contributed by atoms with van der Waals surface area (Å²) >= 11 is 0. The second-order valence-corrected chi connectivity index (χ2v) is 3.22. The van der Waals surface area contributed by atoms with Gasteiger partial charge >= 0.3 is 0 Å². The number of likely N-dealkylation sites (N-methyl/N-ethyl adjacent to an activating group) is 1. The monoisotopic (exact) mass is 220 g/mol. The first-order chi connectivity index (χ1) is 7.11. The summed E-state index contributed by atoms with van der Waals surface area (Å²) in [6.07, 6.45) is -0.668. The van der Waals surface area contributed by atoms with Crippen LogP contribution in [-0.4, -0.2) is 69.1 Å². The van der Waals surface area contributed by atoms with Crippen LogP contribution >= 0.6 is 0 Å². The number of nitrogens with zero attached hydrogens (tertiary/aromatic N) is 1. The van der Waals surface area contributed by atoms with Gasteiger partial charge in [-0.15, -0.1) is 0 Å². The largest absolute Gasteiger partial charge is 0.389 e. The normalized spacial score (nSPS) is 12.5. The summed E-state index contributed by atoms with van der Waals surface area (Å²) in [4.78, 5) is 12.8. The van der Waals surface area contributed by atoms with Crippen molar-refractivity contribution >= 4 is 5.91 Å². The van der Waals surface area contributed by atoms with Crippen molar-refractivity contribution in [1.82, 2.24) is 4.90 Å². The number of nitrogens with two attached hydrogens (primary N) is 1. The Morgan fingerprint density at radius 2 is 2.27 bits per heavy atom. The Morgan fingerprint density at radius 3 is 2.80 bits per heavy atom. The third-order valence-electron chi connectivity index (χ3n) is 1.76. The topological polar surface area (TPSA) is 85.0 Å². The highest BCUT2D eigenvalue weighted by Crippen LogP contribution is 1.92. The van der Waals surface area contributed by atoms with Crippen molar-refractivity contribution in [3.8, 4) is 0 Å². The van der Waals surface area contributed by atoms with Gasteiger partial charge in [0.05, 0.1) is 19.3 Å². The highest BCUT2D eigenvalue weighted by molar-refractivity contribution is 5.77. The molecule has 0 aromatic rings. The van der Waals surface area contributed by atoms with E-state index in [1.165, 1.54) is 12.0 Å². The van der Waals surface area contributed by atoms with Crippen molar-refractivity contribution in [2.75, 3.05) is 47.1 Å². The maximum absolute atomic E-state index is 11.4. The van der Waals surface area contributed by atoms with Crippen LogP contribution in [0.3, 0.4) is 0 Å². The number of hydrogen-bond acceptors (Lipinski definition) is 5. The van der Waals surface area contributed by atoms with Crippen molar-refractivity contribution in [2.24, 2.45) is 5.73 Å². The third-order valence-corrected chi connectivity index (χ3v) is 1.76. The van der Waals surface area contributed by atoms with Crippen LogP contribution in [0, 0.1) is 0 Å². The van der Waals surface area contributed by atoms with Crippen molar-refractivity contribution in [3.05, 3.63) is 0 Å². The highest BCUT2D eigenvalue weighted by atomic mass is 16.5. The molecule has 1 atom stereocenters. The Labute approximate surface area is 89.9 Å². The van der Waals surface area contributed by atoms with E-state index in [0.717, 1.165) is 0 Å². The fourth-order valence-corrected chi connectivity index (χ4v) is 1.02. The van der Waals surface area contributed by atoms with E-state index >= 15 is 0 Å². The Kier molecular flexibility index (Phi) is 8.21. The van der Waals surface area contributed by atoms with Crippen molar-refractivity contribution < 1.29 is 19.4 Å². The maximum Gasteiger partial charge on any atom is 0.248 e. The number of carbonyl (C=O) groups excluding carboxylic acids is 1. The number of methoxy groups -OCH3 is 1. The molecule has 1 amide bonds. The van der Waals surface area contributed by atoms with Gasteiger partial charge in [-0.25, -0.2) is 0 Å². The predicted molar refractivity (Wildman–Crippen MR) is 55.4 cm³/mol. The lowest BCUT2D eigenvalue weighted by atomic mass is 10.3. The lowest BCUT2D eigenvalue weighted by Gasteiger charge is -2.20. The molecule has 15 heavy (non-hydrogen) atoms. The minimum absolute atomic E-state index is 0.00655. The molecule has 0 heterocycles. The minimum Gasteiger partial charge on any atom is -0.389 e. The molecule has 0 aromatic carbocycles. The summed E-state index contributed by atoms with van der Waals surface area (Å²) in [6, 6.07) is 0. The van der Waals surface area contributed by atoms with Crippen LogP contribution in [0.5, 0.6) is 0 Å². The molecule has 6 heteroatoms. The standard InChI is InChI=1S/C9H20N2O4/c1-11(5-8(12)6-14-2)9(13)7-15-4-3-10/h8,12H,3-7,10H2,1-2H3. The highest BCUT2D eigenvalue weighted by Gasteiger charge is 2.13. The molecule has 3 N–H and O–H groups in total. The van der Waals surface area contributed by atoms with E-state index in [2.05, 4.69) is 0 Å². The second kappa shape index (κ2) is 8.60. The van der Waals surface area contributed by atoms with Gasteiger partial charge in [-0.3, -0.25) is 4.79 Å². The molecule has 0 radical (unpaired) electrons. The van der Waals surface area contributed by atoms with Crippen LogP contribution in [0.15, 0.2) is 0 Å². The van der Waals surface area contributed by atoms with E-state index in [-0.39, 0.29) is 25.7 Å². The lowest BCUT2D eigenvalue weighted by molar-refractivity contribution is -0.136. The number of hydrogen-bond donors (Lipinski definition) is 2. The van der Waals surface area contributed by atoms with Crippen LogP contribution in [0.4, 0.5) is 0 Å². The Balaban J connectivity index is 3.68. The Hall–Kier alpha value is -0.690. The van der Waals surface area contributed by atoms with Gasteiger partial charge in [0.1, 0.15) is 6.61 Å². The van der Waals surface area contributed by atoms with E-state index in [4.69, 9.17) is 15.2 Å². The molecule has 0 fully saturated rings. The molecule has 0 aliphatic heterocycles. The second-order valence-electron chi connectivity index (χ2n) is 3.22. The van der Waals surface area contributed by atoms with Crippen molar-refractivity contribution in [3.63, 3.8) is 0 Å². The van der Waals surface area contributed by atoms with Crippen LogP contribution in [0.2, 0.25) is 0 Å². The first kappa shape index (κ1) is 14.3. The Bertz CT molecular complexity index is 177. The van der Waals surface area contributed by atoms with Gasteiger partial charge in [0, 0.05) is 27.2 Å². The molecule has 0 rings (SSSR count). The number of aliphatic hydroxyl groups is 1. The summed E-state index contributed by atoms with van der Waals surface area (Å²) in [5.74, 6) is -0.182. The van der Waals surface area contributed by atoms with E-state index < -0.39 is 6.10 Å². The molecular weight excluding hydrogens is 200 g/mol. The number of aliphatic hydroxyl groups excluding tert-OH is 1. The van der Waals surface area contributed by atoms with E-state index in [1.54, 1.807) is 7.05 Å². The molecule has 0 saturated heterocycles. The molecule has 90 valence electrons. The zero-order valence-electron chi connectivity index (χ0n) is 9.31. The fourth-order valence-electron chi connectivity index (χ4n) is 1.02. The van der Waals surface area contributed by atoms with Gasteiger partial charge in [-0.1, -0.05) is 0 Å². The molecule has 0 bridgehead atoms. The zero-order valence-corrected chi connectivity index (χ0v) is 9.31. The Morgan fingerprint density at radius 1 is 1.60 bits per heavy atom. The molecule has 0 aliphatic rings. The summed E-state index contributed by atoms with van der Waals surface area (Å²) in [5, 5.41) is 9.36. The van der Waals surface area contributed by atoms with Gasteiger partial charge in [0.25, 0.3) is 0 Å². The number of rotatable bonds is 8. The van der Waals surface area contributed by atoms with Crippen LogP contribution in [-0.2, 0) is 14.3 Å². The third kappa shape index (κ3) is 7.26. The lowest BCUT2D eigenvalue weighted by Crippen LogP contribution is -2.38. The first-order valence-electron chi connectivity index (χ1n) is 4.80. The molecular formula is C9H20N2O4. The zero-order chi connectivity index (χ0) is 11.7. The fraction of sp³-hybridized carbons (Fsp3) is 0.889. The summed E-state index contributed by atoms with van der Waals surface area (Å²) in [7, 11) is 3.10. The van der Waals surface area contributed by atoms with Gasteiger partial charge in [0.2, 0.25) is 5.91 Å². The first-order valence-corrected chi connectivity index (χ1v) is 4.80.